The Hall–Kier alpha value is -1.84. The average molecular weight is 313 g/mol. The molecule has 0 spiro atoms. The number of amides is 1. The molecule has 1 amide bonds. The van der Waals surface area contributed by atoms with Crippen LogP contribution in [0.3, 0.4) is 0 Å². The van der Waals surface area contributed by atoms with Gasteiger partial charge in [-0.1, -0.05) is 30.3 Å². The van der Waals surface area contributed by atoms with E-state index in [9.17, 15) is 9.59 Å². The van der Waals surface area contributed by atoms with E-state index in [0.29, 0.717) is 11.8 Å². The molecule has 4 bridgehead atoms. The number of primary amides is 1. The molecule has 0 saturated heterocycles. The summed E-state index contributed by atoms with van der Waals surface area (Å²) in [4.78, 5) is 23.7. The Bertz CT molecular complexity index is 625. The summed E-state index contributed by atoms with van der Waals surface area (Å²) in [6, 6.07) is 10.6. The Morgan fingerprint density at radius 1 is 1.09 bits per heavy atom. The van der Waals surface area contributed by atoms with E-state index < -0.39 is 11.3 Å². The molecule has 0 aliphatic heterocycles. The van der Waals surface area contributed by atoms with Gasteiger partial charge < -0.3 is 10.5 Å². The fourth-order valence-electron chi connectivity index (χ4n) is 5.92. The van der Waals surface area contributed by atoms with Gasteiger partial charge in [-0.25, -0.2) is 0 Å². The standard InChI is InChI=1S/C19H23NO3/c20-16(21)11-23-17(22)19-9-13-6-14(10-19)8-18(7-13,12-19)15-4-2-1-3-5-15/h1-5,13-14H,6-12H2,(H2,20,21)/t13-,14-,18?,19?/m0/s1. The fourth-order valence-corrected chi connectivity index (χ4v) is 5.92. The first-order chi connectivity index (χ1) is 11.0. The molecule has 2 N–H and O–H groups in total. The van der Waals surface area contributed by atoms with Gasteiger partial charge in [0.2, 0.25) is 0 Å². The Morgan fingerprint density at radius 2 is 1.74 bits per heavy atom. The SMILES string of the molecule is NC(=O)COC(=O)C12C[C@H]3C[C@H](C1)CC(c1ccccc1)(C3)C2. The second-order valence-corrected chi connectivity index (χ2v) is 7.93. The zero-order valence-electron chi connectivity index (χ0n) is 13.3. The van der Waals surface area contributed by atoms with Crippen molar-refractivity contribution in [2.45, 2.75) is 43.9 Å². The fraction of sp³-hybridized carbons (Fsp3) is 0.579. The van der Waals surface area contributed by atoms with Gasteiger partial charge in [0, 0.05) is 0 Å². The molecule has 4 nitrogen and oxygen atoms in total. The normalized spacial score (nSPS) is 37.6. The predicted molar refractivity (Wildman–Crippen MR) is 85.4 cm³/mol. The van der Waals surface area contributed by atoms with Gasteiger partial charge in [-0.15, -0.1) is 0 Å². The monoisotopic (exact) mass is 313 g/mol. The number of hydrogen-bond donors (Lipinski definition) is 1. The number of esters is 1. The molecule has 0 aromatic heterocycles. The maximum absolute atomic E-state index is 12.7. The topological polar surface area (TPSA) is 69.4 Å². The molecule has 4 aliphatic carbocycles. The third-order valence-corrected chi connectivity index (χ3v) is 6.23. The van der Waals surface area contributed by atoms with E-state index in [4.69, 9.17) is 10.5 Å². The Morgan fingerprint density at radius 3 is 2.35 bits per heavy atom. The summed E-state index contributed by atoms with van der Waals surface area (Å²) in [5.41, 5.74) is 6.20. The van der Waals surface area contributed by atoms with E-state index in [0.717, 1.165) is 19.3 Å². The molecular formula is C19H23NO3. The summed E-state index contributed by atoms with van der Waals surface area (Å²) >= 11 is 0. The van der Waals surface area contributed by atoms with Gasteiger partial charge in [0.05, 0.1) is 5.41 Å². The molecule has 5 rings (SSSR count). The predicted octanol–water partition coefficient (Wildman–Crippen LogP) is 2.55. The van der Waals surface area contributed by atoms with Crippen LogP contribution in [-0.4, -0.2) is 18.5 Å². The number of nitrogens with two attached hydrogens (primary N) is 1. The number of carbonyl (C=O) groups is 2. The quantitative estimate of drug-likeness (QED) is 0.869. The van der Waals surface area contributed by atoms with Crippen LogP contribution in [0, 0.1) is 17.3 Å². The highest BCUT2D eigenvalue weighted by atomic mass is 16.5. The molecule has 1 aromatic carbocycles. The van der Waals surface area contributed by atoms with E-state index in [1.807, 2.05) is 6.07 Å². The van der Waals surface area contributed by atoms with Crippen LogP contribution >= 0.6 is 0 Å². The lowest BCUT2D eigenvalue weighted by Crippen LogP contribution is -2.57. The van der Waals surface area contributed by atoms with Crippen LogP contribution in [0.25, 0.3) is 0 Å². The van der Waals surface area contributed by atoms with Crippen LogP contribution in [0.5, 0.6) is 0 Å². The summed E-state index contributed by atoms with van der Waals surface area (Å²) in [7, 11) is 0. The summed E-state index contributed by atoms with van der Waals surface area (Å²) in [6.45, 7) is -0.297. The second kappa shape index (κ2) is 5.08. The van der Waals surface area contributed by atoms with Crippen molar-refractivity contribution in [3.63, 3.8) is 0 Å². The van der Waals surface area contributed by atoms with Crippen LogP contribution < -0.4 is 5.73 Å². The van der Waals surface area contributed by atoms with E-state index in [1.54, 1.807) is 0 Å². The van der Waals surface area contributed by atoms with Gasteiger partial charge in [-0.3, -0.25) is 9.59 Å². The Balaban J connectivity index is 1.66. The highest BCUT2D eigenvalue weighted by molar-refractivity contribution is 5.82. The van der Waals surface area contributed by atoms with Crippen molar-refractivity contribution in [2.24, 2.45) is 23.0 Å². The largest absolute Gasteiger partial charge is 0.455 e. The van der Waals surface area contributed by atoms with Crippen molar-refractivity contribution in [1.82, 2.24) is 0 Å². The lowest BCUT2D eigenvalue weighted by Gasteiger charge is -2.61. The van der Waals surface area contributed by atoms with Gasteiger partial charge in [-0.05, 0) is 61.3 Å². The van der Waals surface area contributed by atoms with Crippen molar-refractivity contribution in [3.05, 3.63) is 35.9 Å². The van der Waals surface area contributed by atoms with Gasteiger partial charge in [0.15, 0.2) is 6.61 Å². The third kappa shape index (κ3) is 2.35. The number of rotatable bonds is 4. The number of carbonyl (C=O) groups excluding carboxylic acids is 2. The highest BCUT2D eigenvalue weighted by Gasteiger charge is 2.61. The molecule has 2 atom stereocenters. The number of hydrogen-bond acceptors (Lipinski definition) is 3. The van der Waals surface area contributed by atoms with Crippen LogP contribution in [0.2, 0.25) is 0 Å². The minimum atomic E-state index is -0.583. The summed E-state index contributed by atoms with van der Waals surface area (Å²) in [6.07, 6.45) is 6.27. The summed E-state index contributed by atoms with van der Waals surface area (Å²) in [5.74, 6) is 0.404. The van der Waals surface area contributed by atoms with Crippen molar-refractivity contribution in [1.29, 1.82) is 0 Å². The minimum Gasteiger partial charge on any atom is -0.455 e. The van der Waals surface area contributed by atoms with E-state index in [1.165, 1.54) is 24.8 Å². The smallest absolute Gasteiger partial charge is 0.312 e. The number of ether oxygens (including phenoxy) is 1. The van der Waals surface area contributed by atoms with E-state index >= 15 is 0 Å². The molecule has 23 heavy (non-hydrogen) atoms. The molecule has 0 radical (unpaired) electrons. The van der Waals surface area contributed by atoms with Crippen LogP contribution in [0.4, 0.5) is 0 Å². The molecule has 4 saturated carbocycles. The molecule has 0 unspecified atom stereocenters. The molecular weight excluding hydrogens is 290 g/mol. The zero-order chi connectivity index (χ0) is 16.1. The summed E-state index contributed by atoms with van der Waals surface area (Å²) < 4.78 is 5.26. The van der Waals surface area contributed by atoms with Gasteiger partial charge in [-0.2, -0.15) is 0 Å². The Kier molecular flexibility index (Phi) is 3.26. The average Bonchev–Trinajstić information content (AvgIpc) is 2.52. The molecule has 4 aliphatic rings. The zero-order valence-corrected chi connectivity index (χ0v) is 13.3. The maximum Gasteiger partial charge on any atom is 0.312 e. The van der Waals surface area contributed by atoms with Crippen LogP contribution in [0.15, 0.2) is 30.3 Å². The molecule has 1 aromatic rings. The first-order valence-electron chi connectivity index (χ1n) is 8.52. The van der Waals surface area contributed by atoms with Crippen LogP contribution in [0.1, 0.15) is 44.1 Å². The Labute approximate surface area is 136 Å². The van der Waals surface area contributed by atoms with Crippen molar-refractivity contribution in [3.8, 4) is 0 Å². The van der Waals surface area contributed by atoms with E-state index in [-0.39, 0.29) is 18.0 Å². The first kappa shape index (κ1) is 14.7. The highest BCUT2D eigenvalue weighted by Crippen LogP contribution is 2.66. The second-order valence-electron chi connectivity index (χ2n) is 7.93. The maximum atomic E-state index is 12.7. The van der Waals surface area contributed by atoms with Gasteiger partial charge >= 0.3 is 5.97 Å². The van der Waals surface area contributed by atoms with Gasteiger partial charge in [0.25, 0.3) is 5.91 Å². The molecule has 4 fully saturated rings. The van der Waals surface area contributed by atoms with Gasteiger partial charge in [0.1, 0.15) is 0 Å². The summed E-state index contributed by atoms with van der Waals surface area (Å²) in [5, 5.41) is 0. The van der Waals surface area contributed by atoms with E-state index in [2.05, 4.69) is 24.3 Å². The number of benzene rings is 1. The minimum absolute atomic E-state index is 0.108. The lowest BCUT2D eigenvalue weighted by atomic mass is 9.43. The van der Waals surface area contributed by atoms with Crippen molar-refractivity contribution < 1.29 is 14.3 Å². The molecule has 4 heteroatoms. The lowest BCUT2D eigenvalue weighted by molar-refractivity contribution is -0.175. The van der Waals surface area contributed by atoms with Crippen molar-refractivity contribution in [2.75, 3.05) is 6.61 Å². The molecule has 122 valence electrons. The first-order valence-corrected chi connectivity index (χ1v) is 8.52. The molecule has 0 heterocycles. The van der Waals surface area contributed by atoms with Crippen molar-refractivity contribution >= 4 is 11.9 Å². The third-order valence-electron chi connectivity index (χ3n) is 6.23. The van der Waals surface area contributed by atoms with Crippen LogP contribution in [-0.2, 0) is 19.7 Å².